The highest BCUT2D eigenvalue weighted by Gasteiger charge is 2.07. The maximum atomic E-state index is 5.53. The van der Waals surface area contributed by atoms with Crippen LogP contribution >= 0.6 is 0 Å². The van der Waals surface area contributed by atoms with Crippen LogP contribution in [0, 0.1) is 6.92 Å². The van der Waals surface area contributed by atoms with E-state index in [4.69, 9.17) is 5.84 Å². The minimum absolute atomic E-state index is 0.112. The number of benzene rings is 1. The normalized spacial score (nSPS) is 12.3. The fraction of sp³-hybridized carbons (Fsp3) is 0.333. The topological polar surface area (TPSA) is 38.0 Å². The molecule has 14 heavy (non-hydrogen) atoms. The molecule has 2 nitrogen and oxygen atoms in total. The first-order valence-corrected chi connectivity index (χ1v) is 4.82. The molecule has 3 N–H and O–H groups in total. The molecular formula is C12H18N2. The SMILES string of the molecule is CC(C)=CC(NN)c1ccccc1C. The van der Waals surface area contributed by atoms with Crippen molar-refractivity contribution in [3.63, 3.8) is 0 Å². The summed E-state index contributed by atoms with van der Waals surface area (Å²) in [6.45, 7) is 6.24. The summed E-state index contributed by atoms with van der Waals surface area (Å²) in [6, 6.07) is 8.37. The summed E-state index contributed by atoms with van der Waals surface area (Å²) < 4.78 is 0. The number of rotatable bonds is 3. The highest BCUT2D eigenvalue weighted by Crippen LogP contribution is 2.18. The Balaban J connectivity index is 3.01. The summed E-state index contributed by atoms with van der Waals surface area (Å²) in [4.78, 5) is 0. The van der Waals surface area contributed by atoms with Gasteiger partial charge < -0.3 is 0 Å². The van der Waals surface area contributed by atoms with Crippen molar-refractivity contribution in [1.82, 2.24) is 5.43 Å². The largest absolute Gasteiger partial charge is 0.271 e. The molecule has 1 atom stereocenters. The number of hydrazine groups is 1. The number of hydrogen-bond donors (Lipinski definition) is 2. The van der Waals surface area contributed by atoms with E-state index in [1.54, 1.807) is 0 Å². The van der Waals surface area contributed by atoms with Gasteiger partial charge in [-0.25, -0.2) is 5.43 Å². The Labute approximate surface area is 85.8 Å². The quantitative estimate of drug-likeness (QED) is 0.436. The smallest absolute Gasteiger partial charge is 0.0645 e. The average Bonchev–Trinajstić information content (AvgIpc) is 2.15. The molecule has 2 heteroatoms. The molecule has 0 fully saturated rings. The van der Waals surface area contributed by atoms with E-state index in [9.17, 15) is 0 Å². The fourth-order valence-corrected chi connectivity index (χ4v) is 1.50. The Morgan fingerprint density at radius 1 is 1.36 bits per heavy atom. The molecule has 0 aromatic heterocycles. The van der Waals surface area contributed by atoms with Crippen molar-refractivity contribution in [2.75, 3.05) is 0 Å². The van der Waals surface area contributed by atoms with Gasteiger partial charge in [-0.3, -0.25) is 5.84 Å². The Kier molecular flexibility index (Phi) is 3.86. The third-order valence-electron chi connectivity index (χ3n) is 2.20. The van der Waals surface area contributed by atoms with E-state index in [1.165, 1.54) is 16.7 Å². The Morgan fingerprint density at radius 3 is 2.50 bits per heavy atom. The van der Waals surface area contributed by atoms with E-state index >= 15 is 0 Å². The summed E-state index contributed by atoms with van der Waals surface area (Å²) in [5, 5.41) is 0. The second-order valence-electron chi connectivity index (χ2n) is 3.74. The van der Waals surface area contributed by atoms with Gasteiger partial charge in [0, 0.05) is 0 Å². The molecule has 0 radical (unpaired) electrons. The highest BCUT2D eigenvalue weighted by atomic mass is 15.2. The first-order valence-electron chi connectivity index (χ1n) is 4.82. The number of hydrogen-bond acceptors (Lipinski definition) is 2. The molecule has 1 rings (SSSR count). The molecule has 0 spiro atoms. The van der Waals surface area contributed by atoms with E-state index in [-0.39, 0.29) is 6.04 Å². The van der Waals surface area contributed by atoms with Gasteiger partial charge >= 0.3 is 0 Å². The van der Waals surface area contributed by atoms with Crippen LogP contribution in [0.4, 0.5) is 0 Å². The van der Waals surface area contributed by atoms with Crippen LogP contribution in [0.3, 0.4) is 0 Å². The summed E-state index contributed by atoms with van der Waals surface area (Å²) in [5.41, 5.74) is 6.56. The number of allylic oxidation sites excluding steroid dienone is 1. The van der Waals surface area contributed by atoms with Crippen molar-refractivity contribution in [1.29, 1.82) is 0 Å². The lowest BCUT2D eigenvalue weighted by atomic mass is 10.0. The highest BCUT2D eigenvalue weighted by molar-refractivity contribution is 5.31. The van der Waals surface area contributed by atoms with Crippen molar-refractivity contribution in [2.45, 2.75) is 26.8 Å². The van der Waals surface area contributed by atoms with Crippen molar-refractivity contribution >= 4 is 0 Å². The second-order valence-corrected chi connectivity index (χ2v) is 3.74. The summed E-state index contributed by atoms with van der Waals surface area (Å²) >= 11 is 0. The maximum Gasteiger partial charge on any atom is 0.0645 e. The van der Waals surface area contributed by atoms with Crippen molar-refractivity contribution in [3.05, 3.63) is 47.0 Å². The number of nitrogens with one attached hydrogen (secondary N) is 1. The van der Waals surface area contributed by atoms with Crippen LogP contribution in [0.1, 0.15) is 31.0 Å². The molecule has 0 saturated heterocycles. The van der Waals surface area contributed by atoms with E-state index in [1.807, 2.05) is 12.1 Å². The Bertz CT molecular complexity index is 325. The molecule has 0 saturated carbocycles. The number of aryl methyl sites for hydroxylation is 1. The first-order chi connectivity index (χ1) is 6.65. The van der Waals surface area contributed by atoms with Crippen LogP contribution in [0.2, 0.25) is 0 Å². The van der Waals surface area contributed by atoms with Crippen LogP contribution in [-0.4, -0.2) is 0 Å². The zero-order valence-corrected chi connectivity index (χ0v) is 9.04. The van der Waals surface area contributed by atoms with Gasteiger partial charge in [0.1, 0.15) is 0 Å². The zero-order chi connectivity index (χ0) is 10.6. The minimum Gasteiger partial charge on any atom is -0.271 e. The zero-order valence-electron chi connectivity index (χ0n) is 9.04. The van der Waals surface area contributed by atoms with Gasteiger partial charge in [0.15, 0.2) is 0 Å². The van der Waals surface area contributed by atoms with Crippen LogP contribution in [-0.2, 0) is 0 Å². The Morgan fingerprint density at radius 2 is 2.00 bits per heavy atom. The molecule has 0 bridgehead atoms. The van der Waals surface area contributed by atoms with E-state index < -0.39 is 0 Å². The van der Waals surface area contributed by atoms with E-state index in [0.29, 0.717) is 0 Å². The molecule has 0 heterocycles. The van der Waals surface area contributed by atoms with Crippen LogP contribution in [0.5, 0.6) is 0 Å². The standard InChI is InChI=1S/C12H18N2/c1-9(2)8-12(14-13)11-7-5-4-6-10(11)3/h4-8,12,14H,13H2,1-3H3. The van der Waals surface area contributed by atoms with Crippen molar-refractivity contribution in [3.8, 4) is 0 Å². The predicted molar refractivity (Wildman–Crippen MR) is 60.7 cm³/mol. The number of nitrogens with two attached hydrogens (primary N) is 1. The van der Waals surface area contributed by atoms with Crippen LogP contribution in [0.15, 0.2) is 35.9 Å². The van der Waals surface area contributed by atoms with Gasteiger partial charge in [-0.05, 0) is 31.9 Å². The molecule has 0 aliphatic heterocycles. The molecule has 1 unspecified atom stereocenters. The molecular weight excluding hydrogens is 172 g/mol. The van der Waals surface area contributed by atoms with E-state index in [2.05, 4.69) is 44.4 Å². The molecule has 0 aliphatic carbocycles. The molecule has 0 amide bonds. The molecule has 0 aliphatic rings. The summed E-state index contributed by atoms with van der Waals surface area (Å²) in [6.07, 6.45) is 2.13. The first kappa shape index (κ1) is 11.0. The van der Waals surface area contributed by atoms with Gasteiger partial charge in [-0.1, -0.05) is 35.9 Å². The summed E-state index contributed by atoms with van der Waals surface area (Å²) in [5.74, 6) is 5.53. The second kappa shape index (κ2) is 4.94. The van der Waals surface area contributed by atoms with E-state index in [0.717, 1.165) is 0 Å². The van der Waals surface area contributed by atoms with Crippen molar-refractivity contribution in [2.24, 2.45) is 5.84 Å². The lowest BCUT2D eigenvalue weighted by Crippen LogP contribution is -2.27. The lowest BCUT2D eigenvalue weighted by molar-refractivity contribution is 0.648. The van der Waals surface area contributed by atoms with Crippen LogP contribution < -0.4 is 11.3 Å². The Hall–Kier alpha value is -1.12. The van der Waals surface area contributed by atoms with Gasteiger partial charge in [0.05, 0.1) is 6.04 Å². The van der Waals surface area contributed by atoms with Crippen LogP contribution in [0.25, 0.3) is 0 Å². The van der Waals surface area contributed by atoms with Gasteiger partial charge in [-0.2, -0.15) is 0 Å². The minimum atomic E-state index is 0.112. The van der Waals surface area contributed by atoms with Gasteiger partial charge in [0.2, 0.25) is 0 Å². The van der Waals surface area contributed by atoms with Crippen molar-refractivity contribution < 1.29 is 0 Å². The summed E-state index contributed by atoms with van der Waals surface area (Å²) in [7, 11) is 0. The van der Waals surface area contributed by atoms with Gasteiger partial charge in [-0.15, -0.1) is 0 Å². The fourth-order valence-electron chi connectivity index (χ4n) is 1.50. The third kappa shape index (κ3) is 2.69. The lowest BCUT2D eigenvalue weighted by Gasteiger charge is -2.15. The maximum absolute atomic E-state index is 5.53. The predicted octanol–water partition coefficient (Wildman–Crippen LogP) is 2.47. The average molecular weight is 190 g/mol. The third-order valence-corrected chi connectivity index (χ3v) is 2.20. The molecule has 1 aromatic carbocycles. The molecule has 1 aromatic rings. The van der Waals surface area contributed by atoms with Gasteiger partial charge in [0.25, 0.3) is 0 Å². The molecule has 76 valence electrons. The monoisotopic (exact) mass is 190 g/mol.